The smallest absolute Gasteiger partial charge is 0.119 e. The van der Waals surface area contributed by atoms with Crippen LogP contribution < -0.4 is 4.74 Å². The fraction of sp³-hybridized carbons (Fsp3) is 0.591. The fourth-order valence-corrected chi connectivity index (χ4v) is 3.66. The Hall–Kier alpha value is -1.85. The first-order valence-corrected chi connectivity index (χ1v) is 10.1. The summed E-state index contributed by atoms with van der Waals surface area (Å²) in [4.78, 5) is 2.42. The van der Waals surface area contributed by atoms with E-state index in [1.807, 2.05) is 16.9 Å². The molecule has 0 radical (unpaired) electrons. The van der Waals surface area contributed by atoms with Gasteiger partial charge in [-0.25, -0.2) is 0 Å². The molecule has 1 saturated heterocycles. The Morgan fingerprint density at radius 3 is 2.81 bits per heavy atom. The lowest BCUT2D eigenvalue weighted by Crippen LogP contribution is -2.37. The van der Waals surface area contributed by atoms with E-state index in [1.165, 1.54) is 16.7 Å². The van der Waals surface area contributed by atoms with Crippen molar-refractivity contribution in [1.82, 2.24) is 14.7 Å². The third kappa shape index (κ3) is 5.56. The summed E-state index contributed by atoms with van der Waals surface area (Å²) < 4.78 is 7.96. The van der Waals surface area contributed by atoms with Gasteiger partial charge < -0.3 is 9.84 Å². The van der Waals surface area contributed by atoms with Crippen LogP contribution in [0.1, 0.15) is 49.3 Å². The molecule has 1 aliphatic heterocycles. The fourth-order valence-electron chi connectivity index (χ4n) is 3.66. The van der Waals surface area contributed by atoms with Gasteiger partial charge in [0.05, 0.1) is 11.8 Å². The van der Waals surface area contributed by atoms with E-state index >= 15 is 0 Å². The molecule has 5 nitrogen and oxygen atoms in total. The topological polar surface area (TPSA) is 50.5 Å². The number of aryl methyl sites for hydroxylation is 3. The van der Waals surface area contributed by atoms with Gasteiger partial charge in [-0.2, -0.15) is 5.10 Å². The second-order valence-corrected chi connectivity index (χ2v) is 8.00. The first-order chi connectivity index (χ1) is 13.0. The van der Waals surface area contributed by atoms with Crippen molar-refractivity contribution in [3.8, 4) is 5.75 Å². The number of nitrogens with zero attached hydrogens (tertiary/aromatic N) is 3. The highest BCUT2D eigenvalue weighted by molar-refractivity contribution is 5.33. The molecule has 2 aromatic rings. The summed E-state index contributed by atoms with van der Waals surface area (Å²) in [6, 6.07) is 6.11. The highest BCUT2D eigenvalue weighted by atomic mass is 16.5. The van der Waals surface area contributed by atoms with Gasteiger partial charge in [0, 0.05) is 31.4 Å². The molecule has 1 aromatic heterocycles. The molecule has 1 fully saturated rings. The van der Waals surface area contributed by atoms with Crippen LogP contribution in [-0.4, -0.2) is 45.1 Å². The van der Waals surface area contributed by atoms with E-state index in [0.717, 1.165) is 57.6 Å². The molecule has 0 bridgehead atoms. The predicted molar refractivity (Wildman–Crippen MR) is 108 cm³/mol. The number of benzene rings is 1. The van der Waals surface area contributed by atoms with Crippen LogP contribution in [0.25, 0.3) is 0 Å². The first-order valence-electron chi connectivity index (χ1n) is 10.1. The molecule has 148 valence electrons. The van der Waals surface area contributed by atoms with Gasteiger partial charge in [0.1, 0.15) is 12.4 Å². The average Bonchev–Trinajstić information content (AvgIpc) is 2.99. The summed E-state index contributed by atoms with van der Waals surface area (Å²) in [6.45, 7) is 10.5. The molecule has 1 N–H and O–H groups in total. The van der Waals surface area contributed by atoms with Crippen LogP contribution in [0.2, 0.25) is 0 Å². The summed E-state index contributed by atoms with van der Waals surface area (Å²) in [5.74, 6) is 0.843. The largest absolute Gasteiger partial charge is 0.491 e. The van der Waals surface area contributed by atoms with Gasteiger partial charge >= 0.3 is 0 Å². The van der Waals surface area contributed by atoms with Crippen LogP contribution in [0.15, 0.2) is 30.6 Å². The zero-order valence-electron chi connectivity index (χ0n) is 16.9. The van der Waals surface area contributed by atoms with Crippen LogP contribution in [-0.2, 0) is 13.1 Å². The Kier molecular flexibility index (Phi) is 6.55. The third-order valence-electron chi connectivity index (χ3n) is 5.54. The Bertz CT molecular complexity index is 743. The minimum absolute atomic E-state index is 0.359. The van der Waals surface area contributed by atoms with Gasteiger partial charge in [0.25, 0.3) is 0 Å². The lowest BCUT2D eigenvalue weighted by Gasteiger charge is -2.27. The Morgan fingerprint density at radius 1 is 1.19 bits per heavy atom. The monoisotopic (exact) mass is 371 g/mol. The van der Waals surface area contributed by atoms with Gasteiger partial charge in [-0.15, -0.1) is 0 Å². The Labute approximate surface area is 163 Å². The summed E-state index contributed by atoms with van der Waals surface area (Å²) in [5, 5.41) is 15.4. The maximum Gasteiger partial charge on any atom is 0.119 e. The van der Waals surface area contributed by atoms with Gasteiger partial charge in [-0.1, -0.05) is 13.0 Å². The van der Waals surface area contributed by atoms with Crippen molar-refractivity contribution in [2.24, 2.45) is 0 Å². The number of likely N-dealkylation sites (tertiary alicyclic amines) is 1. The van der Waals surface area contributed by atoms with Crippen molar-refractivity contribution in [2.45, 2.75) is 65.1 Å². The van der Waals surface area contributed by atoms with Crippen molar-refractivity contribution >= 4 is 0 Å². The lowest BCUT2D eigenvalue weighted by molar-refractivity contribution is -0.0168. The number of ether oxygens (including phenoxy) is 1. The van der Waals surface area contributed by atoms with E-state index in [1.54, 1.807) is 0 Å². The van der Waals surface area contributed by atoms with Crippen molar-refractivity contribution in [1.29, 1.82) is 0 Å². The van der Waals surface area contributed by atoms with Gasteiger partial charge in [0.2, 0.25) is 0 Å². The minimum atomic E-state index is -0.750. The summed E-state index contributed by atoms with van der Waals surface area (Å²) in [6.07, 6.45) is 7.71. The summed E-state index contributed by atoms with van der Waals surface area (Å²) >= 11 is 0. The van der Waals surface area contributed by atoms with Crippen LogP contribution in [0.3, 0.4) is 0 Å². The molecule has 0 aliphatic carbocycles. The maximum atomic E-state index is 11.0. The number of aliphatic hydroxyl groups is 1. The number of rotatable bonds is 7. The number of aromatic nitrogens is 2. The third-order valence-corrected chi connectivity index (χ3v) is 5.54. The van der Waals surface area contributed by atoms with E-state index in [2.05, 4.69) is 49.1 Å². The van der Waals surface area contributed by atoms with Gasteiger partial charge in [0.15, 0.2) is 0 Å². The molecule has 0 spiro atoms. The van der Waals surface area contributed by atoms with Gasteiger partial charge in [-0.3, -0.25) is 9.58 Å². The molecule has 0 saturated carbocycles. The quantitative estimate of drug-likeness (QED) is 0.806. The lowest BCUT2D eigenvalue weighted by atomic mass is 9.96. The molecule has 1 aliphatic rings. The molecular formula is C22H33N3O2. The molecule has 5 heteroatoms. The summed E-state index contributed by atoms with van der Waals surface area (Å²) in [5.41, 5.74) is 2.98. The van der Waals surface area contributed by atoms with Crippen LogP contribution >= 0.6 is 0 Å². The average molecular weight is 372 g/mol. The van der Waals surface area contributed by atoms with E-state index in [0.29, 0.717) is 6.61 Å². The maximum absolute atomic E-state index is 11.0. The van der Waals surface area contributed by atoms with E-state index < -0.39 is 5.60 Å². The second-order valence-electron chi connectivity index (χ2n) is 8.00. The van der Waals surface area contributed by atoms with E-state index in [9.17, 15) is 5.11 Å². The SMILES string of the molecule is CCCn1cc(CN2CCCC(O)(COc3ccc(C)c(C)c3)CC2)cn1. The number of hydrogen-bond donors (Lipinski definition) is 1. The first kappa shape index (κ1) is 19.9. The van der Waals surface area contributed by atoms with Crippen LogP contribution in [0.4, 0.5) is 0 Å². The Morgan fingerprint density at radius 2 is 2.04 bits per heavy atom. The zero-order valence-corrected chi connectivity index (χ0v) is 16.9. The van der Waals surface area contributed by atoms with Crippen LogP contribution in [0, 0.1) is 13.8 Å². The van der Waals surface area contributed by atoms with Crippen molar-refractivity contribution in [3.05, 3.63) is 47.3 Å². The second kappa shape index (κ2) is 8.89. The highest BCUT2D eigenvalue weighted by Crippen LogP contribution is 2.25. The van der Waals surface area contributed by atoms with Gasteiger partial charge in [-0.05, 0) is 69.3 Å². The highest BCUT2D eigenvalue weighted by Gasteiger charge is 2.31. The molecule has 1 unspecified atom stereocenters. The minimum Gasteiger partial charge on any atom is -0.491 e. The molecule has 27 heavy (non-hydrogen) atoms. The number of hydrogen-bond acceptors (Lipinski definition) is 4. The summed E-state index contributed by atoms with van der Waals surface area (Å²) in [7, 11) is 0. The molecule has 1 aromatic carbocycles. The van der Waals surface area contributed by atoms with E-state index in [-0.39, 0.29) is 0 Å². The molecular weight excluding hydrogens is 338 g/mol. The normalized spacial score (nSPS) is 21.2. The molecule has 0 amide bonds. The standard InChI is InChI=1S/C22H33N3O2/c1-4-10-25-16-20(14-23-25)15-24-11-5-8-22(26,9-12-24)17-27-21-7-6-18(2)19(3)13-21/h6-7,13-14,16,26H,4-5,8-12,15,17H2,1-3H3. The van der Waals surface area contributed by atoms with Crippen molar-refractivity contribution < 1.29 is 9.84 Å². The zero-order chi connectivity index (χ0) is 19.3. The Balaban J connectivity index is 1.52. The van der Waals surface area contributed by atoms with Crippen molar-refractivity contribution in [3.63, 3.8) is 0 Å². The van der Waals surface area contributed by atoms with Crippen LogP contribution in [0.5, 0.6) is 5.75 Å². The molecule has 3 rings (SSSR count). The molecule has 1 atom stereocenters. The van der Waals surface area contributed by atoms with Crippen molar-refractivity contribution in [2.75, 3.05) is 19.7 Å². The van der Waals surface area contributed by atoms with E-state index in [4.69, 9.17) is 4.74 Å². The predicted octanol–water partition coefficient (Wildman–Crippen LogP) is 3.71. The molecule has 2 heterocycles.